The van der Waals surface area contributed by atoms with Gasteiger partial charge in [0.25, 0.3) is 5.91 Å². The summed E-state index contributed by atoms with van der Waals surface area (Å²) in [7, 11) is 0. The number of nitrogens with two attached hydrogens (primary N) is 1. The molecule has 8 heteroatoms. The molecular weight excluding hydrogens is 301 g/mol. The van der Waals surface area contributed by atoms with Crippen molar-refractivity contribution in [2.45, 2.75) is 25.4 Å². The predicted octanol–water partition coefficient (Wildman–Crippen LogP) is 1.02. The van der Waals surface area contributed by atoms with E-state index in [4.69, 9.17) is 10.5 Å². The summed E-state index contributed by atoms with van der Waals surface area (Å²) < 4.78 is 20.5. The summed E-state index contributed by atoms with van der Waals surface area (Å²) in [6.45, 7) is 1.63. The summed E-state index contributed by atoms with van der Waals surface area (Å²) in [4.78, 5) is 12.3. The van der Waals surface area contributed by atoms with E-state index in [1.54, 1.807) is 16.9 Å². The van der Waals surface area contributed by atoms with Crippen LogP contribution in [0.1, 0.15) is 34.9 Å². The number of hydrogen-bond donors (Lipinski definition) is 2. The van der Waals surface area contributed by atoms with Gasteiger partial charge in [0, 0.05) is 18.5 Å². The highest BCUT2D eigenvalue weighted by atomic mass is 19.1. The molecule has 23 heavy (non-hydrogen) atoms. The number of aromatic nitrogens is 3. The Morgan fingerprint density at radius 1 is 1.52 bits per heavy atom. The van der Waals surface area contributed by atoms with Crippen molar-refractivity contribution in [3.8, 4) is 5.75 Å². The van der Waals surface area contributed by atoms with E-state index in [2.05, 4.69) is 15.6 Å². The number of hydrogen-bond acceptors (Lipinski definition) is 5. The van der Waals surface area contributed by atoms with Crippen LogP contribution in [0.15, 0.2) is 24.4 Å². The van der Waals surface area contributed by atoms with Gasteiger partial charge in [-0.2, -0.15) is 0 Å². The number of aryl methyl sites for hydroxylation is 1. The van der Waals surface area contributed by atoms with Crippen LogP contribution in [-0.4, -0.2) is 34.1 Å². The highest BCUT2D eigenvalue weighted by Gasteiger charge is 2.25. The Morgan fingerprint density at radius 3 is 3.22 bits per heavy atom. The molecule has 1 amide bonds. The molecular formula is C15H18FN5O2. The number of benzene rings is 1. The maximum absolute atomic E-state index is 13.4. The van der Waals surface area contributed by atoms with Crippen molar-refractivity contribution in [1.29, 1.82) is 0 Å². The second-order valence-corrected chi connectivity index (χ2v) is 5.35. The summed E-state index contributed by atoms with van der Waals surface area (Å²) in [5, 5.41) is 10.6. The van der Waals surface area contributed by atoms with Crippen molar-refractivity contribution in [2.75, 3.05) is 13.2 Å². The molecule has 1 aliphatic rings. The normalized spacial score (nSPS) is 16.5. The molecule has 3 rings (SSSR count). The minimum absolute atomic E-state index is 0.228. The molecule has 0 aliphatic carbocycles. The largest absolute Gasteiger partial charge is 0.493 e. The highest BCUT2D eigenvalue weighted by molar-refractivity contribution is 5.92. The average molecular weight is 319 g/mol. The van der Waals surface area contributed by atoms with Gasteiger partial charge in [-0.05, 0) is 31.2 Å². The third-order valence-electron chi connectivity index (χ3n) is 3.68. The van der Waals surface area contributed by atoms with Crippen molar-refractivity contribution in [1.82, 2.24) is 20.3 Å². The van der Waals surface area contributed by atoms with Gasteiger partial charge in [-0.15, -0.1) is 5.10 Å². The van der Waals surface area contributed by atoms with Gasteiger partial charge in [0.2, 0.25) is 0 Å². The molecule has 2 heterocycles. The van der Waals surface area contributed by atoms with Crippen molar-refractivity contribution in [2.24, 2.45) is 5.73 Å². The van der Waals surface area contributed by atoms with Crippen LogP contribution in [0.3, 0.4) is 0 Å². The fourth-order valence-electron chi connectivity index (χ4n) is 2.51. The lowest BCUT2D eigenvalue weighted by Gasteiger charge is -2.26. The van der Waals surface area contributed by atoms with Gasteiger partial charge in [-0.25, -0.2) is 4.39 Å². The first-order chi connectivity index (χ1) is 11.2. The maximum atomic E-state index is 13.4. The molecule has 1 aromatic heterocycles. The zero-order valence-corrected chi connectivity index (χ0v) is 12.5. The lowest BCUT2D eigenvalue weighted by molar-refractivity contribution is 0.0919. The Balaban J connectivity index is 1.71. The second kappa shape index (κ2) is 6.74. The van der Waals surface area contributed by atoms with Gasteiger partial charge < -0.3 is 15.8 Å². The zero-order valence-electron chi connectivity index (χ0n) is 12.5. The Kier molecular flexibility index (Phi) is 4.52. The van der Waals surface area contributed by atoms with Crippen molar-refractivity contribution < 1.29 is 13.9 Å². The van der Waals surface area contributed by atoms with E-state index in [0.29, 0.717) is 37.4 Å². The SMILES string of the molecule is NCCCn1cc(C(=O)NC2CCOc3ccc(F)cc32)nn1. The molecule has 2 aromatic rings. The van der Waals surface area contributed by atoms with E-state index in [1.807, 2.05) is 0 Å². The van der Waals surface area contributed by atoms with Crippen LogP contribution in [0.5, 0.6) is 5.75 Å². The number of nitrogens with zero attached hydrogens (tertiary/aromatic N) is 3. The number of amides is 1. The minimum Gasteiger partial charge on any atom is -0.493 e. The molecule has 122 valence electrons. The first-order valence-electron chi connectivity index (χ1n) is 7.50. The van der Waals surface area contributed by atoms with Crippen LogP contribution in [0, 0.1) is 5.82 Å². The fourth-order valence-corrected chi connectivity index (χ4v) is 2.51. The van der Waals surface area contributed by atoms with Crippen LogP contribution in [0.2, 0.25) is 0 Å². The third kappa shape index (κ3) is 3.48. The smallest absolute Gasteiger partial charge is 0.273 e. The molecule has 1 atom stereocenters. The highest BCUT2D eigenvalue weighted by Crippen LogP contribution is 2.32. The number of carbonyl (C=O) groups excluding carboxylic acids is 1. The standard InChI is InChI=1S/C15H18FN5O2/c16-10-2-3-14-11(8-10)12(4-7-23-14)18-15(22)13-9-21(20-19-13)6-1-5-17/h2-3,8-9,12H,1,4-7,17H2,(H,18,22). The topological polar surface area (TPSA) is 95.1 Å². The molecule has 0 spiro atoms. The summed E-state index contributed by atoms with van der Waals surface area (Å²) in [6.07, 6.45) is 2.91. The number of halogens is 1. The van der Waals surface area contributed by atoms with Crippen LogP contribution in [0.4, 0.5) is 4.39 Å². The Morgan fingerprint density at radius 2 is 2.39 bits per heavy atom. The quantitative estimate of drug-likeness (QED) is 0.858. The summed E-state index contributed by atoms with van der Waals surface area (Å²) in [5.41, 5.74) is 6.31. The molecule has 0 radical (unpaired) electrons. The molecule has 1 aromatic carbocycles. The number of carbonyl (C=O) groups is 1. The van der Waals surface area contributed by atoms with E-state index in [0.717, 1.165) is 6.42 Å². The van der Waals surface area contributed by atoms with Gasteiger partial charge in [0.05, 0.1) is 18.8 Å². The molecule has 0 fully saturated rings. The van der Waals surface area contributed by atoms with E-state index in [-0.39, 0.29) is 23.5 Å². The molecule has 1 aliphatic heterocycles. The van der Waals surface area contributed by atoms with E-state index in [1.165, 1.54) is 12.1 Å². The van der Waals surface area contributed by atoms with Crippen LogP contribution in [0.25, 0.3) is 0 Å². The molecule has 1 unspecified atom stereocenters. The van der Waals surface area contributed by atoms with Crippen molar-refractivity contribution in [3.63, 3.8) is 0 Å². The van der Waals surface area contributed by atoms with Crippen molar-refractivity contribution >= 4 is 5.91 Å². The van der Waals surface area contributed by atoms with Crippen LogP contribution in [-0.2, 0) is 6.54 Å². The number of rotatable bonds is 5. The summed E-state index contributed by atoms with van der Waals surface area (Å²) >= 11 is 0. The van der Waals surface area contributed by atoms with Crippen LogP contribution >= 0.6 is 0 Å². The number of fused-ring (bicyclic) bond motifs is 1. The van der Waals surface area contributed by atoms with E-state index < -0.39 is 0 Å². The van der Waals surface area contributed by atoms with Crippen molar-refractivity contribution in [3.05, 3.63) is 41.5 Å². The Bertz CT molecular complexity index is 703. The Hall–Kier alpha value is -2.48. The first-order valence-corrected chi connectivity index (χ1v) is 7.50. The van der Waals surface area contributed by atoms with Gasteiger partial charge >= 0.3 is 0 Å². The van der Waals surface area contributed by atoms with E-state index in [9.17, 15) is 9.18 Å². The minimum atomic E-state index is -0.360. The molecule has 7 nitrogen and oxygen atoms in total. The lowest BCUT2D eigenvalue weighted by Crippen LogP contribution is -2.32. The number of ether oxygens (including phenoxy) is 1. The van der Waals surface area contributed by atoms with E-state index >= 15 is 0 Å². The van der Waals surface area contributed by atoms with Crippen LogP contribution < -0.4 is 15.8 Å². The van der Waals surface area contributed by atoms with Gasteiger partial charge in [0.1, 0.15) is 11.6 Å². The monoisotopic (exact) mass is 319 g/mol. The number of nitrogens with one attached hydrogen (secondary N) is 1. The maximum Gasteiger partial charge on any atom is 0.273 e. The molecule has 0 saturated heterocycles. The fraction of sp³-hybridized carbons (Fsp3) is 0.400. The third-order valence-corrected chi connectivity index (χ3v) is 3.68. The molecule has 0 saturated carbocycles. The van der Waals surface area contributed by atoms with Gasteiger partial charge in [-0.1, -0.05) is 5.21 Å². The second-order valence-electron chi connectivity index (χ2n) is 5.35. The van der Waals surface area contributed by atoms with Gasteiger partial charge in [0.15, 0.2) is 5.69 Å². The summed E-state index contributed by atoms with van der Waals surface area (Å²) in [5.74, 6) is -0.109. The first kappa shape index (κ1) is 15.4. The average Bonchev–Trinajstić information content (AvgIpc) is 3.02. The predicted molar refractivity (Wildman–Crippen MR) is 80.4 cm³/mol. The summed E-state index contributed by atoms with van der Waals surface area (Å²) in [6, 6.07) is 3.99. The molecule has 3 N–H and O–H groups in total. The molecule has 0 bridgehead atoms. The zero-order chi connectivity index (χ0) is 16.2. The Labute approximate surface area is 132 Å². The lowest BCUT2D eigenvalue weighted by atomic mass is 10.0. The van der Waals surface area contributed by atoms with Gasteiger partial charge in [-0.3, -0.25) is 9.48 Å².